The first-order valence-corrected chi connectivity index (χ1v) is 5.00. The maximum Gasteiger partial charge on any atom is 0.0561 e. The molecule has 1 rings (SSSR count). The third-order valence-electron chi connectivity index (χ3n) is 1.58. The second-order valence-electron chi connectivity index (χ2n) is 2.53. The lowest BCUT2D eigenvalue weighted by Crippen LogP contribution is -2.07. The van der Waals surface area contributed by atoms with Crippen LogP contribution in [0.25, 0.3) is 0 Å². The van der Waals surface area contributed by atoms with Gasteiger partial charge in [-0.15, -0.1) is 23.7 Å². The van der Waals surface area contributed by atoms with Crippen LogP contribution in [-0.2, 0) is 0 Å². The number of halogens is 2. The summed E-state index contributed by atoms with van der Waals surface area (Å²) in [6.07, 6.45) is 2.12. The van der Waals surface area contributed by atoms with Gasteiger partial charge in [0.05, 0.1) is 5.02 Å². The number of nitrogens with two attached hydrogens (primary N) is 1. The summed E-state index contributed by atoms with van der Waals surface area (Å²) in [7, 11) is 0. The zero-order chi connectivity index (χ0) is 8.27. The Morgan fingerprint density at radius 2 is 2.33 bits per heavy atom. The summed E-state index contributed by atoms with van der Waals surface area (Å²) in [5.74, 6) is 0. The number of thiophene rings is 1. The first-order valence-electron chi connectivity index (χ1n) is 3.74. The van der Waals surface area contributed by atoms with Gasteiger partial charge in [0.15, 0.2) is 0 Å². The molecule has 0 aliphatic rings. The van der Waals surface area contributed by atoms with Gasteiger partial charge < -0.3 is 5.73 Å². The van der Waals surface area contributed by atoms with Crippen molar-refractivity contribution in [2.24, 2.45) is 5.73 Å². The maximum atomic E-state index is 5.90. The van der Waals surface area contributed by atoms with E-state index in [1.165, 1.54) is 0 Å². The fourth-order valence-electron chi connectivity index (χ4n) is 1.01. The SMILES string of the molecule is CCC[C@H](N)c1sccc1Cl.Cl. The van der Waals surface area contributed by atoms with Crippen molar-refractivity contribution in [3.63, 3.8) is 0 Å². The predicted molar refractivity (Wildman–Crippen MR) is 58.4 cm³/mol. The third-order valence-corrected chi connectivity index (χ3v) is 3.07. The van der Waals surface area contributed by atoms with Crippen molar-refractivity contribution in [1.29, 1.82) is 0 Å². The molecule has 0 spiro atoms. The van der Waals surface area contributed by atoms with Gasteiger partial charge >= 0.3 is 0 Å². The van der Waals surface area contributed by atoms with Gasteiger partial charge in [0.25, 0.3) is 0 Å². The summed E-state index contributed by atoms with van der Waals surface area (Å²) in [6, 6.07) is 2.03. The fraction of sp³-hybridized carbons (Fsp3) is 0.500. The van der Waals surface area contributed by atoms with E-state index in [-0.39, 0.29) is 18.4 Å². The zero-order valence-corrected chi connectivity index (χ0v) is 9.31. The van der Waals surface area contributed by atoms with Crippen LogP contribution in [0.5, 0.6) is 0 Å². The smallest absolute Gasteiger partial charge is 0.0561 e. The Morgan fingerprint density at radius 3 is 2.75 bits per heavy atom. The molecule has 2 N–H and O–H groups in total. The Labute approximate surface area is 88.3 Å². The highest BCUT2D eigenvalue weighted by Crippen LogP contribution is 2.29. The largest absolute Gasteiger partial charge is 0.323 e. The van der Waals surface area contributed by atoms with E-state index in [0.717, 1.165) is 22.7 Å². The van der Waals surface area contributed by atoms with E-state index in [1.54, 1.807) is 11.3 Å². The topological polar surface area (TPSA) is 26.0 Å². The predicted octanol–water partition coefficient (Wildman–Crippen LogP) is 3.62. The van der Waals surface area contributed by atoms with Gasteiger partial charge in [-0.1, -0.05) is 24.9 Å². The Kier molecular flexibility index (Phi) is 5.93. The van der Waals surface area contributed by atoms with Crippen LogP contribution in [0.2, 0.25) is 5.02 Å². The highest BCUT2D eigenvalue weighted by molar-refractivity contribution is 7.10. The van der Waals surface area contributed by atoms with E-state index >= 15 is 0 Å². The average Bonchev–Trinajstić information content (AvgIpc) is 2.36. The molecule has 0 aliphatic carbocycles. The van der Waals surface area contributed by atoms with Crippen LogP contribution in [0, 0.1) is 0 Å². The Morgan fingerprint density at radius 1 is 1.67 bits per heavy atom. The van der Waals surface area contributed by atoms with Gasteiger partial charge in [-0.25, -0.2) is 0 Å². The van der Waals surface area contributed by atoms with Crippen LogP contribution in [0.1, 0.15) is 30.7 Å². The number of rotatable bonds is 3. The van der Waals surface area contributed by atoms with Gasteiger partial charge in [0.1, 0.15) is 0 Å². The molecule has 1 aromatic heterocycles. The molecule has 0 saturated heterocycles. The zero-order valence-electron chi connectivity index (χ0n) is 6.92. The first-order chi connectivity index (χ1) is 5.25. The second kappa shape index (κ2) is 5.81. The molecule has 0 aromatic carbocycles. The molecule has 0 radical (unpaired) electrons. The third kappa shape index (κ3) is 2.94. The lowest BCUT2D eigenvalue weighted by Gasteiger charge is -2.07. The van der Waals surface area contributed by atoms with Crippen LogP contribution in [-0.4, -0.2) is 0 Å². The van der Waals surface area contributed by atoms with E-state index in [2.05, 4.69) is 6.92 Å². The Bertz CT molecular complexity index is 225. The molecule has 1 heterocycles. The average molecular weight is 226 g/mol. The fourth-order valence-corrected chi connectivity index (χ4v) is 2.25. The van der Waals surface area contributed by atoms with Crippen molar-refractivity contribution >= 4 is 35.3 Å². The summed E-state index contributed by atoms with van der Waals surface area (Å²) in [4.78, 5) is 1.12. The first kappa shape index (κ1) is 12.2. The molecule has 4 heteroatoms. The van der Waals surface area contributed by atoms with Crippen molar-refractivity contribution in [2.45, 2.75) is 25.8 Å². The molecular weight excluding hydrogens is 213 g/mol. The van der Waals surface area contributed by atoms with Gasteiger partial charge in [-0.3, -0.25) is 0 Å². The van der Waals surface area contributed by atoms with Gasteiger partial charge in [0, 0.05) is 10.9 Å². The summed E-state index contributed by atoms with van der Waals surface area (Å²) < 4.78 is 0. The van der Waals surface area contributed by atoms with Crippen LogP contribution >= 0.6 is 35.3 Å². The summed E-state index contributed by atoms with van der Waals surface area (Å²) in [5.41, 5.74) is 5.88. The minimum Gasteiger partial charge on any atom is -0.323 e. The van der Waals surface area contributed by atoms with Crippen LogP contribution < -0.4 is 5.73 Å². The summed E-state index contributed by atoms with van der Waals surface area (Å²) in [5, 5.41) is 2.80. The molecule has 1 nitrogen and oxygen atoms in total. The Hall–Kier alpha value is 0.240. The minimum absolute atomic E-state index is 0. The van der Waals surface area contributed by atoms with E-state index in [4.69, 9.17) is 17.3 Å². The molecule has 0 bridgehead atoms. The van der Waals surface area contributed by atoms with Gasteiger partial charge in [0.2, 0.25) is 0 Å². The van der Waals surface area contributed by atoms with Crippen molar-refractivity contribution in [2.75, 3.05) is 0 Å². The molecule has 1 aromatic rings. The highest BCUT2D eigenvalue weighted by Gasteiger charge is 2.09. The lowest BCUT2D eigenvalue weighted by atomic mass is 10.1. The van der Waals surface area contributed by atoms with Crippen LogP contribution in [0.4, 0.5) is 0 Å². The van der Waals surface area contributed by atoms with Crippen molar-refractivity contribution in [3.8, 4) is 0 Å². The summed E-state index contributed by atoms with van der Waals surface area (Å²) >= 11 is 7.54. The minimum atomic E-state index is 0. The molecule has 70 valence electrons. The molecule has 0 saturated carbocycles. The standard InChI is InChI=1S/C8H12ClNS.ClH/c1-2-3-7(10)8-6(9)4-5-11-8;/h4-5,7H,2-3,10H2,1H3;1H/t7-;/m0./s1. The van der Waals surface area contributed by atoms with E-state index < -0.39 is 0 Å². The van der Waals surface area contributed by atoms with Gasteiger partial charge in [-0.05, 0) is 17.9 Å². The number of hydrogen-bond donors (Lipinski definition) is 1. The summed E-state index contributed by atoms with van der Waals surface area (Å²) in [6.45, 7) is 2.13. The molecule has 0 unspecified atom stereocenters. The van der Waals surface area contributed by atoms with Crippen molar-refractivity contribution in [1.82, 2.24) is 0 Å². The van der Waals surface area contributed by atoms with E-state index in [0.29, 0.717) is 0 Å². The molecule has 0 fully saturated rings. The highest BCUT2D eigenvalue weighted by atomic mass is 35.5. The lowest BCUT2D eigenvalue weighted by molar-refractivity contribution is 0.648. The Balaban J connectivity index is 0.00000121. The molecular formula is C8H13Cl2NS. The maximum absolute atomic E-state index is 5.90. The quantitative estimate of drug-likeness (QED) is 0.836. The molecule has 0 amide bonds. The number of hydrogen-bond acceptors (Lipinski definition) is 2. The van der Waals surface area contributed by atoms with E-state index in [1.807, 2.05) is 11.4 Å². The van der Waals surface area contributed by atoms with Crippen LogP contribution in [0.3, 0.4) is 0 Å². The second-order valence-corrected chi connectivity index (χ2v) is 3.88. The van der Waals surface area contributed by atoms with Crippen LogP contribution in [0.15, 0.2) is 11.4 Å². The molecule has 12 heavy (non-hydrogen) atoms. The van der Waals surface area contributed by atoms with Gasteiger partial charge in [-0.2, -0.15) is 0 Å². The van der Waals surface area contributed by atoms with E-state index in [9.17, 15) is 0 Å². The molecule has 0 aliphatic heterocycles. The van der Waals surface area contributed by atoms with Crippen molar-refractivity contribution in [3.05, 3.63) is 21.3 Å². The normalized spacial score (nSPS) is 12.2. The molecule has 1 atom stereocenters. The van der Waals surface area contributed by atoms with Crippen molar-refractivity contribution < 1.29 is 0 Å². The monoisotopic (exact) mass is 225 g/mol.